The first-order chi connectivity index (χ1) is 15.5. The molecule has 0 saturated carbocycles. The first kappa shape index (κ1) is 22.5. The van der Waals surface area contributed by atoms with Crippen LogP contribution in [0.25, 0.3) is 0 Å². The summed E-state index contributed by atoms with van der Waals surface area (Å²) in [7, 11) is 0. The molecule has 2 aliphatic heterocycles. The van der Waals surface area contributed by atoms with Crippen LogP contribution < -0.4 is 4.74 Å². The first-order valence-electron chi connectivity index (χ1n) is 10.6. The number of pyridine rings is 1. The normalized spacial score (nSPS) is 21.3. The van der Waals surface area contributed by atoms with Gasteiger partial charge in [-0.2, -0.15) is 0 Å². The van der Waals surface area contributed by atoms with Crippen LogP contribution in [-0.2, 0) is 14.3 Å². The SMILES string of the molecule is O=C(C[C@]1(COc2cccc(Cl)c2)CN(C(=O)c2ccccn2)CCO1)N1CCOCC1. The molecule has 0 unspecified atom stereocenters. The minimum Gasteiger partial charge on any atom is -0.490 e. The molecule has 1 atom stereocenters. The second kappa shape index (κ2) is 10.3. The molecule has 0 N–H and O–H groups in total. The van der Waals surface area contributed by atoms with Crippen molar-refractivity contribution < 1.29 is 23.8 Å². The van der Waals surface area contributed by atoms with E-state index >= 15 is 0 Å². The monoisotopic (exact) mass is 459 g/mol. The van der Waals surface area contributed by atoms with Gasteiger partial charge in [0.2, 0.25) is 5.91 Å². The van der Waals surface area contributed by atoms with E-state index in [4.69, 9.17) is 25.8 Å². The van der Waals surface area contributed by atoms with E-state index in [1.165, 1.54) is 0 Å². The van der Waals surface area contributed by atoms with Crippen molar-refractivity contribution in [2.45, 2.75) is 12.0 Å². The van der Waals surface area contributed by atoms with Crippen LogP contribution >= 0.6 is 11.6 Å². The van der Waals surface area contributed by atoms with Crippen LogP contribution in [0.4, 0.5) is 0 Å². The molecule has 0 spiro atoms. The van der Waals surface area contributed by atoms with Gasteiger partial charge >= 0.3 is 0 Å². The summed E-state index contributed by atoms with van der Waals surface area (Å²) in [5.74, 6) is 0.336. The molecule has 0 bridgehead atoms. The van der Waals surface area contributed by atoms with E-state index in [9.17, 15) is 9.59 Å². The maximum atomic E-state index is 13.1. The molecule has 2 aliphatic rings. The van der Waals surface area contributed by atoms with E-state index in [-0.39, 0.29) is 31.4 Å². The Morgan fingerprint density at radius 3 is 2.62 bits per heavy atom. The van der Waals surface area contributed by atoms with Gasteiger partial charge in [-0.1, -0.05) is 23.7 Å². The lowest BCUT2D eigenvalue weighted by Gasteiger charge is -2.43. The quantitative estimate of drug-likeness (QED) is 0.659. The Hall–Kier alpha value is -2.68. The number of carbonyl (C=O) groups is 2. The average Bonchev–Trinajstić information content (AvgIpc) is 2.84. The summed E-state index contributed by atoms with van der Waals surface area (Å²) in [6.45, 7) is 3.16. The van der Waals surface area contributed by atoms with Crippen molar-refractivity contribution in [1.29, 1.82) is 0 Å². The van der Waals surface area contributed by atoms with Gasteiger partial charge in [-0.15, -0.1) is 0 Å². The van der Waals surface area contributed by atoms with Crippen molar-refractivity contribution in [3.63, 3.8) is 0 Å². The largest absolute Gasteiger partial charge is 0.490 e. The van der Waals surface area contributed by atoms with Crippen LogP contribution in [0.1, 0.15) is 16.9 Å². The molecule has 2 amide bonds. The molecule has 3 heterocycles. The number of amides is 2. The van der Waals surface area contributed by atoms with Gasteiger partial charge in [0.05, 0.1) is 32.8 Å². The Kier molecular flexibility index (Phi) is 7.24. The van der Waals surface area contributed by atoms with Crippen LogP contribution in [0.5, 0.6) is 5.75 Å². The number of morpholine rings is 2. The van der Waals surface area contributed by atoms with Gasteiger partial charge in [0.25, 0.3) is 5.91 Å². The smallest absolute Gasteiger partial charge is 0.272 e. The predicted octanol–water partition coefficient (Wildman–Crippen LogP) is 2.27. The van der Waals surface area contributed by atoms with Gasteiger partial charge in [0.1, 0.15) is 23.7 Å². The highest BCUT2D eigenvalue weighted by molar-refractivity contribution is 6.30. The van der Waals surface area contributed by atoms with Gasteiger partial charge in [-0.25, -0.2) is 0 Å². The summed E-state index contributed by atoms with van der Waals surface area (Å²) >= 11 is 6.08. The molecule has 32 heavy (non-hydrogen) atoms. The van der Waals surface area contributed by atoms with Crippen LogP contribution in [0.3, 0.4) is 0 Å². The fraction of sp³-hybridized carbons (Fsp3) is 0.435. The summed E-state index contributed by atoms with van der Waals surface area (Å²) in [4.78, 5) is 33.7. The van der Waals surface area contributed by atoms with Crippen LogP contribution in [-0.4, -0.2) is 84.8 Å². The zero-order valence-electron chi connectivity index (χ0n) is 17.7. The summed E-state index contributed by atoms with van der Waals surface area (Å²) < 4.78 is 17.5. The molecule has 0 radical (unpaired) electrons. The van der Waals surface area contributed by atoms with Gasteiger partial charge < -0.3 is 24.0 Å². The highest BCUT2D eigenvalue weighted by Gasteiger charge is 2.42. The van der Waals surface area contributed by atoms with Crippen LogP contribution in [0, 0.1) is 0 Å². The molecule has 2 saturated heterocycles. The Bertz CT molecular complexity index is 938. The van der Waals surface area contributed by atoms with Gasteiger partial charge in [0, 0.05) is 30.9 Å². The zero-order valence-corrected chi connectivity index (χ0v) is 18.5. The molecular weight excluding hydrogens is 434 g/mol. The second-order valence-electron chi connectivity index (χ2n) is 7.89. The third kappa shape index (κ3) is 5.56. The molecule has 2 aromatic rings. The lowest BCUT2D eigenvalue weighted by atomic mass is 9.96. The van der Waals surface area contributed by atoms with Gasteiger partial charge in [-0.3, -0.25) is 14.6 Å². The standard InChI is InChI=1S/C23H26ClN3O5/c24-18-4-3-5-19(14-18)31-17-23(15-21(28)26-8-11-30-12-9-26)16-27(10-13-32-23)22(29)20-6-1-2-7-25-20/h1-7,14H,8-13,15-17H2/t23-/m1/s1. The van der Waals surface area contributed by atoms with Gasteiger partial charge in [-0.05, 0) is 30.3 Å². The average molecular weight is 460 g/mol. The highest BCUT2D eigenvalue weighted by atomic mass is 35.5. The van der Waals surface area contributed by atoms with E-state index in [0.717, 1.165) is 0 Å². The Labute approximate surface area is 192 Å². The number of carbonyl (C=O) groups excluding carboxylic acids is 2. The molecule has 0 aliphatic carbocycles. The summed E-state index contributed by atoms with van der Waals surface area (Å²) in [6, 6.07) is 12.3. The maximum Gasteiger partial charge on any atom is 0.272 e. The van der Waals surface area contributed by atoms with E-state index in [2.05, 4.69) is 4.98 Å². The second-order valence-corrected chi connectivity index (χ2v) is 8.33. The van der Waals surface area contributed by atoms with Crippen molar-refractivity contribution in [3.8, 4) is 5.75 Å². The number of aromatic nitrogens is 1. The molecule has 1 aromatic carbocycles. The number of rotatable bonds is 6. The number of ether oxygens (including phenoxy) is 3. The molecular formula is C23H26ClN3O5. The summed E-state index contributed by atoms with van der Waals surface area (Å²) in [5, 5.41) is 0.553. The molecule has 8 nitrogen and oxygen atoms in total. The number of halogens is 1. The third-order valence-electron chi connectivity index (χ3n) is 5.55. The Morgan fingerprint density at radius 1 is 1.06 bits per heavy atom. The van der Waals surface area contributed by atoms with Crippen molar-refractivity contribution in [2.75, 3.05) is 52.6 Å². The number of nitrogens with zero attached hydrogens (tertiary/aromatic N) is 3. The number of hydrogen-bond acceptors (Lipinski definition) is 6. The third-order valence-corrected chi connectivity index (χ3v) is 5.79. The lowest BCUT2D eigenvalue weighted by Crippen LogP contribution is -2.58. The topological polar surface area (TPSA) is 81.2 Å². The molecule has 4 rings (SSSR count). The number of benzene rings is 1. The van der Waals surface area contributed by atoms with Crippen molar-refractivity contribution >= 4 is 23.4 Å². The van der Waals surface area contributed by atoms with Crippen LogP contribution in [0.15, 0.2) is 48.7 Å². The lowest BCUT2D eigenvalue weighted by molar-refractivity contribution is -0.155. The van der Waals surface area contributed by atoms with Crippen LogP contribution in [0.2, 0.25) is 5.02 Å². The minimum atomic E-state index is -0.986. The fourth-order valence-corrected chi connectivity index (χ4v) is 4.07. The maximum absolute atomic E-state index is 13.1. The number of hydrogen-bond donors (Lipinski definition) is 0. The highest BCUT2D eigenvalue weighted by Crippen LogP contribution is 2.27. The summed E-state index contributed by atoms with van der Waals surface area (Å²) in [6.07, 6.45) is 1.69. The summed E-state index contributed by atoms with van der Waals surface area (Å²) in [5.41, 5.74) is -0.626. The molecule has 9 heteroatoms. The predicted molar refractivity (Wildman–Crippen MR) is 118 cm³/mol. The van der Waals surface area contributed by atoms with Crippen molar-refractivity contribution in [2.24, 2.45) is 0 Å². The van der Waals surface area contributed by atoms with Crippen molar-refractivity contribution in [1.82, 2.24) is 14.8 Å². The molecule has 1 aromatic heterocycles. The van der Waals surface area contributed by atoms with Crippen molar-refractivity contribution in [3.05, 3.63) is 59.4 Å². The Morgan fingerprint density at radius 2 is 1.88 bits per heavy atom. The minimum absolute atomic E-state index is 0.0462. The van der Waals surface area contributed by atoms with E-state index in [0.29, 0.717) is 55.9 Å². The zero-order chi connectivity index (χ0) is 22.4. The van der Waals surface area contributed by atoms with E-state index < -0.39 is 5.60 Å². The molecule has 2 fully saturated rings. The molecule has 170 valence electrons. The first-order valence-corrected chi connectivity index (χ1v) is 11.0. The fourth-order valence-electron chi connectivity index (χ4n) is 3.89. The van der Waals surface area contributed by atoms with E-state index in [1.807, 2.05) is 0 Å². The van der Waals surface area contributed by atoms with Gasteiger partial charge in [0.15, 0.2) is 0 Å². The van der Waals surface area contributed by atoms with E-state index in [1.54, 1.807) is 58.5 Å². The Balaban J connectivity index is 1.52.